The van der Waals surface area contributed by atoms with E-state index in [2.05, 4.69) is 11.2 Å². The molecule has 5 heteroatoms. The number of terminal acetylenes is 1. The number of amides is 1. The monoisotopic (exact) mass is 257 g/mol. The van der Waals surface area contributed by atoms with Gasteiger partial charge in [-0.15, -0.1) is 6.42 Å². The topological polar surface area (TPSA) is 38.3 Å². The zero-order chi connectivity index (χ0) is 12.1. The maximum absolute atomic E-state index is 11.3. The molecule has 0 heterocycles. The summed E-state index contributed by atoms with van der Waals surface area (Å²) in [5, 5.41) is 3.24. The molecule has 84 valence electrons. The van der Waals surface area contributed by atoms with Gasteiger partial charge in [0, 0.05) is 5.69 Å². The van der Waals surface area contributed by atoms with Crippen LogP contribution in [0.25, 0.3) is 0 Å². The van der Waals surface area contributed by atoms with Crippen LogP contribution >= 0.6 is 23.2 Å². The molecular formula is C11H9Cl2NO2. The van der Waals surface area contributed by atoms with Crippen LogP contribution in [-0.4, -0.2) is 12.2 Å². The number of ether oxygens (including phenoxy) is 1. The van der Waals surface area contributed by atoms with Crippen molar-refractivity contribution in [3.05, 3.63) is 28.2 Å². The number of carbonyl (C=O) groups is 1. The fraction of sp³-hybridized carbons (Fsp3) is 0.182. The minimum absolute atomic E-state index is 0.351. The Bertz CT molecular complexity index is 440. The minimum atomic E-state index is -0.635. The van der Waals surface area contributed by atoms with Gasteiger partial charge in [-0.05, 0) is 25.1 Å². The summed E-state index contributed by atoms with van der Waals surface area (Å²) in [4.78, 5) is 11.3. The standard InChI is InChI=1S/C11H9Cl2NO2/c1-3-7(2)16-11(15)14-8-4-5-9(12)10(13)6-8/h1,4-7H,2H3,(H,14,15). The summed E-state index contributed by atoms with van der Waals surface area (Å²) in [6.45, 7) is 1.59. The molecule has 1 aromatic rings. The van der Waals surface area contributed by atoms with Gasteiger partial charge in [0.2, 0.25) is 0 Å². The molecule has 1 unspecified atom stereocenters. The highest BCUT2D eigenvalue weighted by molar-refractivity contribution is 6.42. The number of hydrogen-bond acceptors (Lipinski definition) is 2. The van der Waals surface area contributed by atoms with E-state index in [4.69, 9.17) is 34.4 Å². The van der Waals surface area contributed by atoms with Crippen molar-refractivity contribution in [1.29, 1.82) is 0 Å². The van der Waals surface area contributed by atoms with Crippen molar-refractivity contribution in [2.75, 3.05) is 5.32 Å². The summed E-state index contributed by atoms with van der Waals surface area (Å²) >= 11 is 11.5. The Morgan fingerprint density at radius 1 is 1.50 bits per heavy atom. The molecule has 0 fully saturated rings. The summed E-state index contributed by atoms with van der Waals surface area (Å²) in [7, 11) is 0. The molecular weight excluding hydrogens is 249 g/mol. The van der Waals surface area contributed by atoms with Crippen molar-refractivity contribution < 1.29 is 9.53 Å². The average molecular weight is 258 g/mol. The van der Waals surface area contributed by atoms with Crippen LogP contribution in [0.4, 0.5) is 10.5 Å². The van der Waals surface area contributed by atoms with E-state index in [1.807, 2.05) is 0 Å². The fourth-order valence-electron chi connectivity index (χ4n) is 0.916. The van der Waals surface area contributed by atoms with Gasteiger partial charge in [-0.3, -0.25) is 5.32 Å². The predicted octanol–water partition coefficient (Wildman–Crippen LogP) is 3.56. The van der Waals surface area contributed by atoms with Gasteiger partial charge in [0.15, 0.2) is 6.10 Å². The largest absolute Gasteiger partial charge is 0.433 e. The predicted molar refractivity (Wildman–Crippen MR) is 64.9 cm³/mol. The van der Waals surface area contributed by atoms with Gasteiger partial charge < -0.3 is 4.74 Å². The third-order valence-electron chi connectivity index (χ3n) is 1.68. The molecule has 0 saturated heterocycles. The molecule has 1 aromatic carbocycles. The summed E-state index contributed by atoms with van der Waals surface area (Å²) in [6, 6.07) is 4.70. The van der Waals surface area contributed by atoms with Crippen LogP contribution < -0.4 is 5.32 Å². The average Bonchev–Trinajstić information content (AvgIpc) is 2.23. The number of rotatable bonds is 2. The van der Waals surface area contributed by atoms with Crippen molar-refractivity contribution in [3.8, 4) is 12.3 Å². The first-order valence-electron chi connectivity index (χ1n) is 4.41. The zero-order valence-electron chi connectivity index (χ0n) is 8.46. The lowest BCUT2D eigenvalue weighted by atomic mass is 10.3. The zero-order valence-corrected chi connectivity index (χ0v) is 9.97. The molecule has 1 N–H and O–H groups in total. The normalized spacial score (nSPS) is 11.4. The Kier molecular flexibility index (Phi) is 4.48. The van der Waals surface area contributed by atoms with Gasteiger partial charge in [0.25, 0.3) is 0 Å². The summed E-state index contributed by atoms with van der Waals surface area (Å²) in [5.74, 6) is 2.27. The molecule has 0 aliphatic rings. The van der Waals surface area contributed by atoms with Crippen LogP contribution in [0.2, 0.25) is 10.0 Å². The first kappa shape index (κ1) is 12.7. The van der Waals surface area contributed by atoms with Gasteiger partial charge in [0.05, 0.1) is 10.0 Å². The molecule has 0 bridgehead atoms. The summed E-state index contributed by atoms with van der Waals surface area (Å²) < 4.78 is 4.81. The van der Waals surface area contributed by atoms with Crippen molar-refractivity contribution in [2.24, 2.45) is 0 Å². The fourth-order valence-corrected chi connectivity index (χ4v) is 1.21. The molecule has 0 radical (unpaired) electrons. The number of nitrogens with one attached hydrogen (secondary N) is 1. The second-order valence-electron chi connectivity index (χ2n) is 2.97. The van der Waals surface area contributed by atoms with Gasteiger partial charge in [-0.1, -0.05) is 29.1 Å². The van der Waals surface area contributed by atoms with E-state index in [0.29, 0.717) is 15.7 Å². The molecule has 0 aliphatic carbocycles. The first-order chi connectivity index (χ1) is 7.52. The Labute approximate surface area is 104 Å². The second kappa shape index (κ2) is 5.64. The molecule has 0 saturated carbocycles. The van der Waals surface area contributed by atoms with E-state index in [9.17, 15) is 4.79 Å². The van der Waals surface area contributed by atoms with E-state index in [0.717, 1.165) is 0 Å². The van der Waals surface area contributed by atoms with Gasteiger partial charge >= 0.3 is 6.09 Å². The van der Waals surface area contributed by atoms with Crippen molar-refractivity contribution in [2.45, 2.75) is 13.0 Å². The van der Waals surface area contributed by atoms with E-state index in [1.165, 1.54) is 6.07 Å². The lowest BCUT2D eigenvalue weighted by Gasteiger charge is -2.09. The number of benzene rings is 1. The Morgan fingerprint density at radius 3 is 2.75 bits per heavy atom. The van der Waals surface area contributed by atoms with Gasteiger partial charge in [-0.25, -0.2) is 4.79 Å². The Morgan fingerprint density at radius 2 is 2.19 bits per heavy atom. The maximum atomic E-state index is 11.3. The third-order valence-corrected chi connectivity index (χ3v) is 2.42. The minimum Gasteiger partial charge on any atom is -0.433 e. The smallest absolute Gasteiger partial charge is 0.412 e. The van der Waals surface area contributed by atoms with Crippen LogP contribution in [-0.2, 0) is 4.74 Å². The quantitative estimate of drug-likeness (QED) is 0.823. The lowest BCUT2D eigenvalue weighted by molar-refractivity contribution is 0.145. The highest BCUT2D eigenvalue weighted by Gasteiger charge is 2.07. The summed E-state index contributed by atoms with van der Waals surface area (Å²) in [5.41, 5.74) is 0.489. The van der Waals surface area contributed by atoms with E-state index in [-0.39, 0.29) is 0 Å². The third kappa shape index (κ3) is 3.65. The second-order valence-corrected chi connectivity index (χ2v) is 3.78. The SMILES string of the molecule is C#CC(C)OC(=O)Nc1ccc(Cl)c(Cl)c1. The Hall–Kier alpha value is -1.37. The van der Waals surface area contributed by atoms with Crippen LogP contribution in [0.1, 0.15) is 6.92 Å². The highest BCUT2D eigenvalue weighted by Crippen LogP contribution is 2.25. The van der Waals surface area contributed by atoms with E-state index >= 15 is 0 Å². The highest BCUT2D eigenvalue weighted by atomic mass is 35.5. The van der Waals surface area contributed by atoms with Crippen LogP contribution in [0.3, 0.4) is 0 Å². The van der Waals surface area contributed by atoms with Crippen LogP contribution in [0, 0.1) is 12.3 Å². The van der Waals surface area contributed by atoms with Crippen LogP contribution in [0.15, 0.2) is 18.2 Å². The van der Waals surface area contributed by atoms with Crippen molar-refractivity contribution >= 4 is 35.0 Å². The van der Waals surface area contributed by atoms with Gasteiger partial charge in [-0.2, -0.15) is 0 Å². The van der Waals surface area contributed by atoms with Crippen molar-refractivity contribution in [1.82, 2.24) is 0 Å². The van der Waals surface area contributed by atoms with Crippen molar-refractivity contribution in [3.63, 3.8) is 0 Å². The molecule has 0 spiro atoms. The molecule has 0 aromatic heterocycles. The van der Waals surface area contributed by atoms with E-state index in [1.54, 1.807) is 19.1 Å². The maximum Gasteiger partial charge on any atom is 0.412 e. The first-order valence-corrected chi connectivity index (χ1v) is 5.17. The van der Waals surface area contributed by atoms with E-state index < -0.39 is 12.2 Å². The van der Waals surface area contributed by atoms with Gasteiger partial charge in [0.1, 0.15) is 0 Å². The number of anilines is 1. The molecule has 1 rings (SSSR count). The molecule has 1 amide bonds. The van der Waals surface area contributed by atoms with Crippen LogP contribution in [0.5, 0.6) is 0 Å². The molecule has 16 heavy (non-hydrogen) atoms. The lowest BCUT2D eigenvalue weighted by Crippen LogP contribution is -2.18. The molecule has 1 atom stereocenters. The molecule has 0 aliphatic heterocycles. The number of hydrogen-bond donors (Lipinski definition) is 1. The number of halogens is 2. The Balaban J connectivity index is 2.64. The molecule has 3 nitrogen and oxygen atoms in total. The summed E-state index contributed by atoms with van der Waals surface area (Å²) in [6.07, 6.45) is 3.85. The number of carbonyl (C=O) groups excluding carboxylic acids is 1.